The van der Waals surface area contributed by atoms with Crippen LogP contribution >= 0.6 is 0 Å². The van der Waals surface area contributed by atoms with Gasteiger partial charge in [0.2, 0.25) is 11.8 Å². The van der Waals surface area contributed by atoms with Crippen LogP contribution in [-0.4, -0.2) is 66.6 Å². The fourth-order valence-corrected chi connectivity index (χ4v) is 4.41. The number of anilines is 1. The lowest BCUT2D eigenvalue weighted by atomic mass is 10.0. The maximum absolute atomic E-state index is 12.8. The van der Waals surface area contributed by atoms with Gasteiger partial charge in [0.1, 0.15) is 11.8 Å². The Kier molecular flexibility index (Phi) is 8.36. The molecule has 0 saturated carbocycles. The quantitative estimate of drug-likeness (QED) is 0.239. The number of amides is 5. The molecule has 0 bridgehead atoms. The number of imide groups is 1. The highest BCUT2D eigenvalue weighted by Crippen LogP contribution is 2.28. The van der Waals surface area contributed by atoms with E-state index in [2.05, 4.69) is 21.3 Å². The normalized spacial score (nSPS) is 16.9. The number of urea groups is 1. The number of hydrogen-bond donors (Lipinski definition) is 5. The van der Waals surface area contributed by atoms with E-state index in [1.807, 2.05) is 13.1 Å². The number of piperidine rings is 1. The number of carbonyl (C=O) groups is 4. The Labute approximate surface area is 214 Å². The van der Waals surface area contributed by atoms with Crippen LogP contribution in [0.1, 0.15) is 39.9 Å². The van der Waals surface area contributed by atoms with Crippen LogP contribution in [0.4, 0.5) is 10.5 Å². The molecule has 1 saturated heterocycles. The first-order valence-electron chi connectivity index (χ1n) is 12.2. The number of nitrogens with zero attached hydrogens (tertiary/aromatic N) is 1. The highest BCUT2D eigenvalue weighted by molar-refractivity contribution is 6.05. The minimum atomic E-state index is -0.668. The first-order valence-corrected chi connectivity index (χ1v) is 12.2. The highest BCUT2D eigenvalue weighted by Gasteiger charge is 2.39. The predicted octanol–water partition coefficient (Wildman–Crippen LogP) is 1.25. The molecule has 2 aliphatic heterocycles. The fourth-order valence-electron chi connectivity index (χ4n) is 4.41. The third-order valence-electron chi connectivity index (χ3n) is 6.40. The van der Waals surface area contributed by atoms with Gasteiger partial charge in [0.05, 0.1) is 13.2 Å². The van der Waals surface area contributed by atoms with Crippen molar-refractivity contribution in [3.63, 3.8) is 0 Å². The van der Waals surface area contributed by atoms with E-state index < -0.39 is 18.0 Å². The molecule has 0 aromatic heterocycles. The first kappa shape index (κ1) is 26.1. The maximum atomic E-state index is 12.8. The second-order valence-corrected chi connectivity index (χ2v) is 9.01. The van der Waals surface area contributed by atoms with Crippen molar-refractivity contribution in [2.45, 2.75) is 38.4 Å². The molecule has 2 heterocycles. The number of phenolic OH excluding ortho intramolecular Hbond substituents is 1. The van der Waals surface area contributed by atoms with Crippen molar-refractivity contribution >= 4 is 29.4 Å². The Morgan fingerprint density at radius 2 is 2.00 bits per heavy atom. The van der Waals surface area contributed by atoms with Crippen LogP contribution in [0, 0.1) is 0 Å². The SMILES string of the molecule is CNCCOCCc1ccc(NC(=O)NCc2ccc3c(c2)CN(C2CCC(=O)NC2=O)C3=O)cc1O. The minimum Gasteiger partial charge on any atom is -0.508 e. The number of likely N-dealkylation sites (N-methyl/N-ethyl adjacent to an activating group) is 1. The standard InChI is InChI=1S/C26H31N5O6/c1-27-9-11-37-10-8-17-3-4-19(13-22(17)32)29-26(36)28-14-16-2-5-20-18(12-16)15-31(25(20)35)21-6-7-23(33)30-24(21)34/h2-5,12-13,21,27,32H,6-11,14-15H2,1H3,(H2,28,29,36)(H,30,33,34). The number of nitrogens with one attached hydrogen (secondary N) is 4. The van der Waals surface area contributed by atoms with Gasteiger partial charge in [-0.2, -0.15) is 0 Å². The molecule has 2 aliphatic rings. The first-order chi connectivity index (χ1) is 17.9. The molecular weight excluding hydrogens is 478 g/mol. The zero-order valence-electron chi connectivity index (χ0n) is 20.6. The molecule has 11 heteroatoms. The van der Waals surface area contributed by atoms with Crippen LogP contribution in [0.25, 0.3) is 0 Å². The van der Waals surface area contributed by atoms with Crippen molar-refractivity contribution in [1.82, 2.24) is 20.9 Å². The van der Waals surface area contributed by atoms with E-state index in [0.717, 1.165) is 23.2 Å². The lowest BCUT2D eigenvalue weighted by molar-refractivity contribution is -0.136. The molecule has 0 aliphatic carbocycles. The topological polar surface area (TPSA) is 149 Å². The molecule has 4 rings (SSSR count). The summed E-state index contributed by atoms with van der Waals surface area (Å²) in [5, 5.41) is 21.0. The van der Waals surface area contributed by atoms with Crippen molar-refractivity contribution in [3.05, 3.63) is 58.7 Å². The van der Waals surface area contributed by atoms with Crippen LogP contribution < -0.4 is 21.3 Å². The van der Waals surface area contributed by atoms with Crippen molar-refractivity contribution in [3.8, 4) is 5.75 Å². The van der Waals surface area contributed by atoms with Gasteiger partial charge in [0.15, 0.2) is 0 Å². The van der Waals surface area contributed by atoms with Gasteiger partial charge < -0.3 is 30.7 Å². The van der Waals surface area contributed by atoms with Crippen LogP contribution in [0.3, 0.4) is 0 Å². The van der Waals surface area contributed by atoms with Crippen molar-refractivity contribution in [1.29, 1.82) is 0 Å². The number of rotatable bonds is 10. The molecule has 5 amide bonds. The molecule has 2 aromatic carbocycles. The van der Waals surface area contributed by atoms with Crippen molar-refractivity contribution in [2.24, 2.45) is 0 Å². The van der Waals surface area contributed by atoms with Gasteiger partial charge in [0.25, 0.3) is 5.91 Å². The maximum Gasteiger partial charge on any atom is 0.319 e. The van der Waals surface area contributed by atoms with Gasteiger partial charge in [-0.05, 0) is 48.7 Å². The smallest absolute Gasteiger partial charge is 0.319 e. The summed E-state index contributed by atoms with van der Waals surface area (Å²) in [5.41, 5.74) is 3.26. The summed E-state index contributed by atoms with van der Waals surface area (Å²) in [6.45, 7) is 2.33. The molecular formula is C26H31N5O6. The number of benzene rings is 2. The highest BCUT2D eigenvalue weighted by atomic mass is 16.5. The summed E-state index contributed by atoms with van der Waals surface area (Å²) in [4.78, 5) is 50.3. The summed E-state index contributed by atoms with van der Waals surface area (Å²) in [6.07, 6.45) is 1.07. The third kappa shape index (κ3) is 6.43. The Morgan fingerprint density at radius 3 is 2.76 bits per heavy atom. The average Bonchev–Trinajstić information content (AvgIpc) is 3.19. The minimum absolute atomic E-state index is 0.0823. The fraction of sp³-hybridized carbons (Fsp3) is 0.385. The molecule has 1 unspecified atom stereocenters. The van der Waals surface area contributed by atoms with E-state index in [0.29, 0.717) is 37.3 Å². The number of fused-ring (bicyclic) bond motifs is 1. The number of hydrogen-bond acceptors (Lipinski definition) is 7. The molecule has 5 N–H and O–H groups in total. The second-order valence-electron chi connectivity index (χ2n) is 9.01. The van der Waals surface area contributed by atoms with Gasteiger partial charge in [-0.25, -0.2) is 4.79 Å². The van der Waals surface area contributed by atoms with Crippen molar-refractivity contribution < 1.29 is 29.0 Å². The van der Waals surface area contributed by atoms with Crippen LogP contribution in [0.5, 0.6) is 5.75 Å². The third-order valence-corrected chi connectivity index (χ3v) is 6.40. The second kappa shape index (κ2) is 11.8. The van der Waals surface area contributed by atoms with Crippen LogP contribution in [0.15, 0.2) is 36.4 Å². The van der Waals surface area contributed by atoms with Gasteiger partial charge in [-0.1, -0.05) is 18.2 Å². The molecule has 0 radical (unpaired) electrons. The molecule has 37 heavy (non-hydrogen) atoms. The lowest BCUT2D eigenvalue weighted by Crippen LogP contribution is -2.52. The van der Waals surface area contributed by atoms with Crippen LogP contribution in [-0.2, 0) is 33.8 Å². The largest absolute Gasteiger partial charge is 0.508 e. The molecule has 196 valence electrons. The van der Waals surface area contributed by atoms with E-state index in [1.54, 1.807) is 24.3 Å². The Bertz CT molecular complexity index is 1200. The summed E-state index contributed by atoms with van der Waals surface area (Å²) >= 11 is 0. The zero-order valence-corrected chi connectivity index (χ0v) is 20.6. The lowest BCUT2D eigenvalue weighted by Gasteiger charge is -2.29. The van der Waals surface area contributed by atoms with Crippen molar-refractivity contribution in [2.75, 3.05) is 32.1 Å². The summed E-state index contributed by atoms with van der Waals surface area (Å²) in [5.74, 6) is -0.935. The van der Waals surface area contributed by atoms with Gasteiger partial charge >= 0.3 is 6.03 Å². The Morgan fingerprint density at radius 1 is 1.16 bits per heavy atom. The number of carbonyl (C=O) groups excluding carboxylic acids is 4. The summed E-state index contributed by atoms with van der Waals surface area (Å²) in [7, 11) is 1.85. The molecule has 2 aromatic rings. The van der Waals surface area contributed by atoms with Gasteiger partial charge in [-0.15, -0.1) is 0 Å². The van der Waals surface area contributed by atoms with Gasteiger partial charge in [-0.3, -0.25) is 19.7 Å². The predicted molar refractivity (Wildman–Crippen MR) is 135 cm³/mol. The van der Waals surface area contributed by atoms with E-state index in [9.17, 15) is 24.3 Å². The molecule has 1 atom stereocenters. The number of ether oxygens (including phenoxy) is 1. The molecule has 0 spiro atoms. The monoisotopic (exact) mass is 509 g/mol. The average molecular weight is 510 g/mol. The summed E-state index contributed by atoms with van der Waals surface area (Å²) in [6, 6.07) is 9.13. The van der Waals surface area contributed by atoms with Gasteiger partial charge in [0, 0.05) is 43.4 Å². The molecule has 1 fully saturated rings. The van der Waals surface area contributed by atoms with E-state index in [1.165, 1.54) is 11.0 Å². The Hall–Kier alpha value is -3.96. The van der Waals surface area contributed by atoms with E-state index in [4.69, 9.17) is 4.74 Å². The summed E-state index contributed by atoms with van der Waals surface area (Å²) < 4.78 is 5.48. The van der Waals surface area contributed by atoms with E-state index in [-0.39, 0.29) is 37.1 Å². The number of aromatic hydroxyl groups is 1. The molecule has 11 nitrogen and oxygen atoms in total. The zero-order chi connectivity index (χ0) is 26.4. The Balaban J connectivity index is 1.28. The number of phenols is 1. The van der Waals surface area contributed by atoms with E-state index >= 15 is 0 Å². The van der Waals surface area contributed by atoms with Crippen LogP contribution in [0.2, 0.25) is 0 Å².